The van der Waals surface area contributed by atoms with Crippen molar-refractivity contribution < 1.29 is 4.79 Å². The van der Waals surface area contributed by atoms with Crippen LogP contribution in [0, 0.1) is 11.3 Å². The highest BCUT2D eigenvalue weighted by atomic mass is 16.2. The molecule has 27 heavy (non-hydrogen) atoms. The Hall–Kier alpha value is -1.43. The predicted octanol–water partition coefficient (Wildman–Crippen LogP) is 2.94. The van der Waals surface area contributed by atoms with E-state index >= 15 is 0 Å². The van der Waals surface area contributed by atoms with Crippen LogP contribution in [-0.4, -0.2) is 63.4 Å². The molecular formula is C21H37N5O. The lowest BCUT2D eigenvalue weighted by Crippen LogP contribution is -2.53. The summed E-state index contributed by atoms with van der Waals surface area (Å²) in [6, 6.07) is 0. The summed E-state index contributed by atoms with van der Waals surface area (Å²) in [5.74, 6) is 0.949. The highest BCUT2D eigenvalue weighted by Crippen LogP contribution is 2.33. The molecule has 0 aromatic carbocycles. The maximum Gasteiger partial charge on any atom is 0.229 e. The topological polar surface area (TPSA) is 54.3 Å². The summed E-state index contributed by atoms with van der Waals surface area (Å²) in [5, 5.41) is 8.64. The molecule has 6 heteroatoms. The van der Waals surface area contributed by atoms with E-state index in [1.165, 1.54) is 0 Å². The fourth-order valence-corrected chi connectivity index (χ4v) is 4.49. The number of likely N-dealkylation sites (tertiary alicyclic amines) is 2. The van der Waals surface area contributed by atoms with Crippen molar-refractivity contribution in [1.29, 1.82) is 0 Å². The molecule has 1 amide bonds. The Kier molecular flexibility index (Phi) is 5.94. The van der Waals surface area contributed by atoms with Crippen LogP contribution in [0.3, 0.4) is 0 Å². The van der Waals surface area contributed by atoms with Crippen LogP contribution in [0.5, 0.6) is 0 Å². The first-order valence-electron chi connectivity index (χ1n) is 10.6. The molecule has 0 N–H and O–H groups in total. The van der Waals surface area contributed by atoms with E-state index in [1.54, 1.807) is 0 Å². The summed E-state index contributed by atoms with van der Waals surface area (Å²) in [6.07, 6.45) is 6.36. The molecule has 0 spiro atoms. The molecule has 0 bridgehead atoms. The molecule has 1 aromatic rings. The molecule has 0 saturated carbocycles. The summed E-state index contributed by atoms with van der Waals surface area (Å²) in [5.41, 5.74) is 0.880. The van der Waals surface area contributed by atoms with Gasteiger partial charge in [0.25, 0.3) is 0 Å². The minimum Gasteiger partial charge on any atom is -0.342 e. The lowest BCUT2D eigenvalue weighted by molar-refractivity contribution is -0.146. The first-order chi connectivity index (χ1) is 12.7. The van der Waals surface area contributed by atoms with Crippen LogP contribution < -0.4 is 0 Å². The molecule has 3 heterocycles. The van der Waals surface area contributed by atoms with E-state index < -0.39 is 0 Å². The molecule has 1 atom stereocenters. The molecule has 1 aromatic heterocycles. The van der Waals surface area contributed by atoms with E-state index in [9.17, 15) is 4.79 Å². The Bertz CT molecular complexity index is 641. The number of aromatic nitrogens is 3. The second-order valence-corrected chi connectivity index (χ2v) is 9.84. The quantitative estimate of drug-likeness (QED) is 0.812. The number of hydrogen-bond acceptors (Lipinski definition) is 4. The molecule has 3 rings (SSSR count). The zero-order valence-electron chi connectivity index (χ0n) is 17.9. The van der Waals surface area contributed by atoms with Gasteiger partial charge in [-0.25, -0.2) is 0 Å². The van der Waals surface area contributed by atoms with Crippen molar-refractivity contribution >= 4 is 5.91 Å². The average molecular weight is 376 g/mol. The van der Waals surface area contributed by atoms with Gasteiger partial charge in [-0.1, -0.05) is 32.9 Å². The normalized spacial score (nSPS) is 25.7. The fraction of sp³-hybridized carbons (Fsp3) is 0.857. The third-order valence-electron chi connectivity index (χ3n) is 6.39. The van der Waals surface area contributed by atoms with Crippen molar-refractivity contribution in [3.63, 3.8) is 0 Å². The fourth-order valence-electron chi connectivity index (χ4n) is 4.49. The van der Waals surface area contributed by atoms with Crippen molar-refractivity contribution in [2.45, 2.75) is 72.3 Å². The number of rotatable bonds is 4. The number of nitrogens with zero attached hydrogens (tertiary/aromatic N) is 5. The lowest BCUT2D eigenvalue weighted by atomic mass is 9.79. The van der Waals surface area contributed by atoms with Gasteiger partial charge in [-0.2, -0.15) is 0 Å². The first kappa shape index (κ1) is 20.3. The van der Waals surface area contributed by atoms with Crippen molar-refractivity contribution in [2.24, 2.45) is 11.3 Å². The van der Waals surface area contributed by atoms with Crippen molar-refractivity contribution in [2.75, 3.05) is 32.7 Å². The zero-order chi connectivity index (χ0) is 19.7. The second-order valence-electron chi connectivity index (χ2n) is 9.84. The Labute approximate surface area is 164 Å². The van der Waals surface area contributed by atoms with Gasteiger partial charge in [0.2, 0.25) is 5.91 Å². The summed E-state index contributed by atoms with van der Waals surface area (Å²) in [4.78, 5) is 17.7. The second kappa shape index (κ2) is 7.90. The number of piperidine rings is 2. The molecule has 2 aliphatic heterocycles. The third-order valence-corrected chi connectivity index (χ3v) is 6.39. The number of carbonyl (C=O) groups excluding carboxylic acids is 1. The Balaban J connectivity index is 1.52. The zero-order valence-corrected chi connectivity index (χ0v) is 17.9. The summed E-state index contributed by atoms with van der Waals surface area (Å²) < 4.78 is 1.99. The number of hydrogen-bond donors (Lipinski definition) is 0. The van der Waals surface area contributed by atoms with Gasteiger partial charge in [0.1, 0.15) is 0 Å². The van der Waals surface area contributed by atoms with Crippen LogP contribution in [0.1, 0.15) is 66.0 Å². The van der Waals surface area contributed by atoms with Crippen LogP contribution in [0.2, 0.25) is 0 Å². The maximum atomic E-state index is 13.2. The summed E-state index contributed by atoms with van der Waals surface area (Å²) in [7, 11) is 0. The van der Waals surface area contributed by atoms with E-state index in [1.807, 2.05) is 4.68 Å². The lowest BCUT2D eigenvalue weighted by Gasteiger charge is -2.43. The van der Waals surface area contributed by atoms with Crippen LogP contribution in [0.15, 0.2) is 6.20 Å². The smallest absolute Gasteiger partial charge is 0.229 e. The van der Waals surface area contributed by atoms with Crippen molar-refractivity contribution in [3.8, 4) is 0 Å². The molecule has 152 valence electrons. The molecule has 2 saturated heterocycles. The molecule has 2 aliphatic rings. The van der Waals surface area contributed by atoms with E-state index in [-0.39, 0.29) is 10.8 Å². The van der Waals surface area contributed by atoms with E-state index in [4.69, 9.17) is 0 Å². The van der Waals surface area contributed by atoms with Gasteiger partial charge >= 0.3 is 0 Å². The van der Waals surface area contributed by atoms with Gasteiger partial charge in [0.05, 0.1) is 11.1 Å². The minimum absolute atomic E-state index is 0.0375. The standard InChI is InChI=1S/C21H37N5O/c1-6-24-11-7-10-21(5,16-24)19(27)25-12-8-17(9-13-25)14-26-15-18(22-23-26)20(2,3)4/h15,17H,6-14,16H2,1-5H3. The van der Waals surface area contributed by atoms with Crippen LogP contribution >= 0.6 is 0 Å². The highest BCUT2D eigenvalue weighted by molar-refractivity contribution is 5.82. The minimum atomic E-state index is -0.200. The summed E-state index contributed by atoms with van der Waals surface area (Å²) >= 11 is 0. The molecule has 0 radical (unpaired) electrons. The summed E-state index contributed by atoms with van der Waals surface area (Å²) in [6.45, 7) is 16.6. The SMILES string of the molecule is CCN1CCCC(C)(C(=O)N2CCC(Cn3cc(C(C)(C)C)nn3)CC2)C1. The van der Waals surface area contributed by atoms with Gasteiger partial charge in [0.15, 0.2) is 0 Å². The van der Waals surface area contributed by atoms with E-state index in [2.05, 4.69) is 60.9 Å². The molecule has 0 aliphatic carbocycles. The Morgan fingerprint density at radius 1 is 1.26 bits per heavy atom. The van der Waals surface area contributed by atoms with Crippen LogP contribution in [0.25, 0.3) is 0 Å². The van der Waals surface area contributed by atoms with Gasteiger partial charge in [-0.15, -0.1) is 5.10 Å². The van der Waals surface area contributed by atoms with Gasteiger partial charge in [-0.3, -0.25) is 9.48 Å². The van der Waals surface area contributed by atoms with Crippen molar-refractivity contribution in [3.05, 3.63) is 11.9 Å². The van der Waals surface area contributed by atoms with Crippen LogP contribution in [0.4, 0.5) is 0 Å². The monoisotopic (exact) mass is 375 g/mol. The largest absolute Gasteiger partial charge is 0.342 e. The predicted molar refractivity (Wildman–Crippen MR) is 107 cm³/mol. The molecule has 6 nitrogen and oxygen atoms in total. The number of carbonyl (C=O) groups is 1. The van der Waals surface area contributed by atoms with Crippen LogP contribution in [-0.2, 0) is 16.8 Å². The first-order valence-corrected chi connectivity index (χ1v) is 10.6. The van der Waals surface area contributed by atoms with Crippen molar-refractivity contribution in [1.82, 2.24) is 24.8 Å². The molecule has 1 unspecified atom stereocenters. The Morgan fingerprint density at radius 3 is 2.56 bits per heavy atom. The van der Waals surface area contributed by atoms with E-state index in [0.29, 0.717) is 11.8 Å². The molecular weight excluding hydrogens is 338 g/mol. The van der Waals surface area contributed by atoms with Gasteiger partial charge < -0.3 is 9.80 Å². The average Bonchev–Trinajstić information content (AvgIpc) is 3.11. The maximum absolute atomic E-state index is 13.2. The number of amides is 1. The third kappa shape index (κ3) is 4.71. The van der Waals surface area contributed by atoms with Gasteiger partial charge in [0, 0.05) is 37.8 Å². The van der Waals surface area contributed by atoms with Gasteiger partial charge in [-0.05, 0) is 51.6 Å². The Morgan fingerprint density at radius 2 is 1.96 bits per heavy atom. The highest BCUT2D eigenvalue weighted by Gasteiger charge is 2.40. The van der Waals surface area contributed by atoms with E-state index in [0.717, 1.165) is 70.6 Å². The molecule has 2 fully saturated rings.